The maximum Gasteiger partial charge on any atom is 0.211 e. The number of halogens is 2. The summed E-state index contributed by atoms with van der Waals surface area (Å²) in [5.74, 6) is 0.227. The van der Waals surface area contributed by atoms with Crippen LogP contribution in [0.3, 0.4) is 0 Å². The van der Waals surface area contributed by atoms with Gasteiger partial charge in [-0.3, -0.25) is 5.41 Å². The van der Waals surface area contributed by atoms with E-state index in [0.717, 1.165) is 34.3 Å². The normalized spacial score (nSPS) is 18.9. The molecule has 0 aliphatic carbocycles. The number of rotatable bonds is 5. The van der Waals surface area contributed by atoms with Gasteiger partial charge in [-0.15, -0.1) is 0 Å². The summed E-state index contributed by atoms with van der Waals surface area (Å²) in [6.07, 6.45) is 3.58. The quantitative estimate of drug-likeness (QED) is 0.419. The molecule has 1 aromatic rings. The summed E-state index contributed by atoms with van der Waals surface area (Å²) in [5.41, 5.74) is 0.638. The van der Waals surface area contributed by atoms with E-state index in [1.165, 1.54) is 7.05 Å². The van der Waals surface area contributed by atoms with Crippen LogP contribution >= 0.6 is 27.5 Å². The van der Waals surface area contributed by atoms with Crippen molar-refractivity contribution in [3.63, 3.8) is 0 Å². The maximum absolute atomic E-state index is 11.6. The van der Waals surface area contributed by atoms with Gasteiger partial charge in [0.15, 0.2) is 0 Å². The predicted octanol–water partition coefficient (Wildman–Crippen LogP) is 3.87. The van der Waals surface area contributed by atoms with Gasteiger partial charge in [0, 0.05) is 18.1 Å². The van der Waals surface area contributed by atoms with Crippen molar-refractivity contribution in [3.05, 3.63) is 27.7 Å². The third kappa shape index (κ3) is 5.73. The lowest BCUT2D eigenvalue weighted by molar-refractivity contribution is 0.234. The van der Waals surface area contributed by atoms with E-state index < -0.39 is 10.0 Å². The predicted molar refractivity (Wildman–Crippen MR) is 103 cm³/mol. The number of piperidine rings is 1. The second kappa shape index (κ2) is 8.57. The lowest BCUT2D eigenvalue weighted by atomic mass is 10.1. The summed E-state index contributed by atoms with van der Waals surface area (Å²) in [6.45, 7) is 0.691. The molecule has 1 N–H and O–H groups in total. The Balaban J connectivity index is 2.10. The lowest BCUT2D eigenvalue weighted by Crippen LogP contribution is -2.47. The van der Waals surface area contributed by atoms with Crippen LogP contribution in [0.15, 0.2) is 32.9 Å². The molecule has 1 aliphatic heterocycles. The van der Waals surface area contributed by atoms with Gasteiger partial charge in [0.05, 0.1) is 23.5 Å². The van der Waals surface area contributed by atoms with Crippen LogP contribution in [0.25, 0.3) is 0 Å². The summed E-state index contributed by atoms with van der Waals surface area (Å²) in [4.78, 5) is 1.81. The first-order chi connectivity index (χ1) is 11.7. The zero-order valence-electron chi connectivity index (χ0n) is 14.1. The summed E-state index contributed by atoms with van der Waals surface area (Å²) < 4.78 is 25.1. The Morgan fingerprint density at radius 2 is 2.20 bits per heavy atom. The molecule has 25 heavy (non-hydrogen) atoms. The van der Waals surface area contributed by atoms with Crippen molar-refractivity contribution >= 4 is 49.1 Å². The molecule has 1 unspecified atom stereocenters. The van der Waals surface area contributed by atoms with Crippen LogP contribution in [-0.4, -0.2) is 56.0 Å². The second-order valence-electron chi connectivity index (χ2n) is 5.95. The third-order valence-electron chi connectivity index (χ3n) is 3.97. The number of azo groups is 1. The highest BCUT2D eigenvalue weighted by atomic mass is 79.9. The SMILES string of the molecule is CN(CC(=N)N1CCCCC1N=Nc1ccc(Br)c(Cl)c1)S(C)(=O)=O. The number of hydrogen-bond donors (Lipinski definition) is 1. The molecule has 1 aromatic carbocycles. The minimum atomic E-state index is -3.33. The molecule has 0 aromatic heterocycles. The van der Waals surface area contributed by atoms with E-state index >= 15 is 0 Å². The van der Waals surface area contributed by atoms with Gasteiger partial charge in [0.1, 0.15) is 12.0 Å². The highest BCUT2D eigenvalue weighted by Crippen LogP contribution is 2.28. The molecule has 138 valence electrons. The van der Waals surface area contributed by atoms with Gasteiger partial charge in [-0.05, 0) is 53.4 Å². The number of sulfonamides is 1. The third-order valence-corrected chi connectivity index (χ3v) is 6.46. The molecule has 0 amide bonds. The molecule has 1 saturated heterocycles. The molecule has 0 radical (unpaired) electrons. The standard InChI is InChI=1S/C15H21BrClN5O2S/c1-21(25(2,23)24)10-14(18)22-8-4-3-5-15(22)20-19-11-6-7-12(16)13(17)9-11/h6-7,9,15,18H,3-5,8,10H2,1-2H3. The average molecular weight is 451 g/mol. The molecule has 1 aliphatic rings. The fourth-order valence-electron chi connectivity index (χ4n) is 2.45. The highest BCUT2D eigenvalue weighted by molar-refractivity contribution is 9.10. The van der Waals surface area contributed by atoms with Gasteiger partial charge < -0.3 is 4.90 Å². The van der Waals surface area contributed by atoms with E-state index in [1.54, 1.807) is 18.2 Å². The number of likely N-dealkylation sites (N-methyl/N-ethyl adjacent to an activating group) is 1. The molecule has 1 atom stereocenters. The Labute approximate surface area is 161 Å². The van der Waals surface area contributed by atoms with Crippen molar-refractivity contribution in [2.24, 2.45) is 10.2 Å². The number of nitrogens with zero attached hydrogens (tertiary/aromatic N) is 4. The minimum absolute atomic E-state index is 0.0228. The summed E-state index contributed by atoms with van der Waals surface area (Å²) in [5, 5.41) is 17.4. The van der Waals surface area contributed by atoms with E-state index in [9.17, 15) is 8.42 Å². The monoisotopic (exact) mass is 449 g/mol. The first kappa shape index (κ1) is 20.3. The molecule has 10 heteroatoms. The lowest BCUT2D eigenvalue weighted by Gasteiger charge is -2.35. The number of likely N-dealkylation sites (tertiary alicyclic amines) is 1. The van der Waals surface area contributed by atoms with Crippen molar-refractivity contribution in [2.75, 3.05) is 26.4 Å². The van der Waals surface area contributed by atoms with Crippen LogP contribution in [0.4, 0.5) is 5.69 Å². The van der Waals surface area contributed by atoms with Crippen molar-refractivity contribution < 1.29 is 8.42 Å². The molecule has 0 saturated carbocycles. The zero-order valence-corrected chi connectivity index (χ0v) is 17.3. The fourth-order valence-corrected chi connectivity index (χ4v) is 3.23. The number of amidine groups is 1. The first-order valence-corrected chi connectivity index (χ1v) is 10.8. The fraction of sp³-hybridized carbons (Fsp3) is 0.533. The number of nitrogens with one attached hydrogen (secondary N) is 1. The number of hydrogen-bond acceptors (Lipinski definition) is 5. The van der Waals surface area contributed by atoms with E-state index in [4.69, 9.17) is 17.0 Å². The Kier molecular flexibility index (Phi) is 6.95. The van der Waals surface area contributed by atoms with Crippen LogP contribution in [-0.2, 0) is 10.0 Å². The van der Waals surface area contributed by atoms with Crippen molar-refractivity contribution in [3.8, 4) is 0 Å². The van der Waals surface area contributed by atoms with E-state index in [0.29, 0.717) is 17.3 Å². The second-order valence-corrected chi connectivity index (χ2v) is 9.30. The van der Waals surface area contributed by atoms with Gasteiger partial charge in [0.25, 0.3) is 0 Å². The Morgan fingerprint density at radius 3 is 2.84 bits per heavy atom. The maximum atomic E-state index is 11.6. The Hall–Kier alpha value is -1.03. The molecule has 7 nitrogen and oxygen atoms in total. The molecule has 1 fully saturated rings. The van der Waals surface area contributed by atoms with Crippen molar-refractivity contribution in [1.82, 2.24) is 9.21 Å². The Morgan fingerprint density at radius 1 is 1.48 bits per heavy atom. The molecule has 2 rings (SSSR count). The van der Waals surface area contributed by atoms with Crippen LogP contribution < -0.4 is 0 Å². The van der Waals surface area contributed by atoms with Gasteiger partial charge in [0.2, 0.25) is 10.0 Å². The molecular formula is C15H21BrClN5O2S. The Bertz CT molecular complexity index is 771. The molecule has 0 spiro atoms. The average Bonchev–Trinajstić information content (AvgIpc) is 2.55. The summed E-state index contributed by atoms with van der Waals surface area (Å²) >= 11 is 9.39. The van der Waals surface area contributed by atoms with Gasteiger partial charge >= 0.3 is 0 Å². The summed E-state index contributed by atoms with van der Waals surface area (Å²) in [6, 6.07) is 5.32. The van der Waals surface area contributed by atoms with E-state index in [2.05, 4.69) is 26.2 Å². The van der Waals surface area contributed by atoms with Gasteiger partial charge in [-0.25, -0.2) is 8.42 Å². The molecule has 1 heterocycles. The largest absolute Gasteiger partial charge is 0.336 e. The van der Waals surface area contributed by atoms with E-state index in [-0.39, 0.29) is 18.5 Å². The van der Waals surface area contributed by atoms with Crippen molar-refractivity contribution in [1.29, 1.82) is 5.41 Å². The minimum Gasteiger partial charge on any atom is -0.336 e. The molecular weight excluding hydrogens is 430 g/mol. The zero-order chi connectivity index (χ0) is 18.6. The smallest absolute Gasteiger partial charge is 0.211 e. The van der Waals surface area contributed by atoms with Gasteiger partial charge in [-0.2, -0.15) is 14.5 Å². The molecule has 0 bridgehead atoms. The van der Waals surface area contributed by atoms with Crippen LogP contribution in [0.5, 0.6) is 0 Å². The van der Waals surface area contributed by atoms with Crippen LogP contribution in [0, 0.1) is 5.41 Å². The summed E-state index contributed by atoms with van der Waals surface area (Å²) in [7, 11) is -1.86. The first-order valence-electron chi connectivity index (χ1n) is 7.80. The van der Waals surface area contributed by atoms with Crippen LogP contribution in [0.2, 0.25) is 5.02 Å². The van der Waals surface area contributed by atoms with Gasteiger partial charge in [-0.1, -0.05) is 11.6 Å². The number of benzene rings is 1. The van der Waals surface area contributed by atoms with E-state index in [1.807, 2.05) is 4.90 Å². The highest BCUT2D eigenvalue weighted by Gasteiger charge is 2.26. The topological polar surface area (TPSA) is 89.2 Å². The van der Waals surface area contributed by atoms with Crippen molar-refractivity contribution in [2.45, 2.75) is 25.4 Å². The van der Waals surface area contributed by atoms with Crippen LogP contribution in [0.1, 0.15) is 19.3 Å².